The van der Waals surface area contributed by atoms with Crippen molar-refractivity contribution in [1.29, 1.82) is 0 Å². The summed E-state index contributed by atoms with van der Waals surface area (Å²) in [5, 5.41) is 19.5. The number of methoxy groups -OCH3 is 1. The average Bonchev–Trinajstić information content (AvgIpc) is 3.20. The number of alkyl halides is 1. The number of benzene rings is 1. The number of rotatable bonds is 5. The molecule has 4 N–H and O–H groups in total. The van der Waals surface area contributed by atoms with Gasteiger partial charge in [0.05, 0.1) is 32.0 Å². The van der Waals surface area contributed by atoms with Crippen molar-refractivity contribution in [3.63, 3.8) is 0 Å². The lowest BCUT2D eigenvalue weighted by Gasteiger charge is -2.15. The first kappa shape index (κ1) is 20.9. The Morgan fingerprint density at radius 3 is 2.68 bits per heavy atom. The first-order valence-corrected chi connectivity index (χ1v) is 9.34. The fraction of sp³-hybridized carbons (Fsp3) is 0.368. The van der Waals surface area contributed by atoms with Crippen LogP contribution in [0, 0.1) is 0 Å². The number of hydrogen-bond donors (Lipinski definition) is 3. The SMILES string of the molecule is COC(=O)c1ccc(Cn2c(=O)n([C@@H]3O[C@H](CO)[C@@H](F)[C@H]3O)c3nc(N)ncc32)cc1. The van der Waals surface area contributed by atoms with E-state index in [2.05, 4.69) is 14.7 Å². The molecule has 0 amide bonds. The van der Waals surface area contributed by atoms with Crippen molar-refractivity contribution in [2.45, 2.75) is 31.2 Å². The monoisotopic (exact) mass is 433 g/mol. The van der Waals surface area contributed by atoms with E-state index in [0.717, 1.165) is 4.57 Å². The summed E-state index contributed by atoms with van der Waals surface area (Å²) in [4.78, 5) is 32.8. The predicted molar refractivity (Wildman–Crippen MR) is 105 cm³/mol. The summed E-state index contributed by atoms with van der Waals surface area (Å²) in [6, 6.07) is 6.42. The molecule has 0 spiro atoms. The molecule has 164 valence electrons. The van der Waals surface area contributed by atoms with Gasteiger partial charge >= 0.3 is 11.7 Å². The molecule has 1 aromatic carbocycles. The van der Waals surface area contributed by atoms with Gasteiger partial charge in [-0.15, -0.1) is 0 Å². The summed E-state index contributed by atoms with van der Waals surface area (Å²) < 4.78 is 26.6. The van der Waals surface area contributed by atoms with Gasteiger partial charge in [-0.2, -0.15) is 4.98 Å². The highest BCUT2D eigenvalue weighted by Gasteiger charge is 2.46. The zero-order chi connectivity index (χ0) is 22.3. The van der Waals surface area contributed by atoms with Gasteiger partial charge in [0, 0.05) is 0 Å². The van der Waals surface area contributed by atoms with Crippen LogP contribution >= 0.6 is 0 Å². The molecule has 12 heteroatoms. The number of fused-ring (bicyclic) bond motifs is 1. The van der Waals surface area contributed by atoms with E-state index in [9.17, 15) is 24.2 Å². The molecule has 1 saturated heterocycles. The van der Waals surface area contributed by atoms with E-state index in [1.54, 1.807) is 24.3 Å². The number of carbonyl (C=O) groups excluding carboxylic acids is 1. The number of imidazole rings is 1. The van der Waals surface area contributed by atoms with Gasteiger partial charge in [-0.05, 0) is 17.7 Å². The molecule has 1 fully saturated rings. The minimum Gasteiger partial charge on any atom is -0.465 e. The minimum absolute atomic E-state index is 0.0542. The third-order valence-electron chi connectivity index (χ3n) is 5.16. The second-order valence-corrected chi connectivity index (χ2v) is 7.05. The van der Waals surface area contributed by atoms with E-state index in [0.29, 0.717) is 11.1 Å². The van der Waals surface area contributed by atoms with Crippen LogP contribution in [-0.2, 0) is 16.0 Å². The van der Waals surface area contributed by atoms with Crippen molar-refractivity contribution >= 4 is 23.1 Å². The van der Waals surface area contributed by atoms with E-state index < -0.39 is 42.9 Å². The Balaban J connectivity index is 1.78. The number of ether oxygens (including phenoxy) is 2. The van der Waals surface area contributed by atoms with Crippen molar-refractivity contribution in [2.75, 3.05) is 19.5 Å². The van der Waals surface area contributed by atoms with Crippen LogP contribution < -0.4 is 11.4 Å². The number of nitrogens with two attached hydrogens (primary N) is 1. The number of aliphatic hydroxyl groups excluding tert-OH is 2. The van der Waals surface area contributed by atoms with E-state index >= 15 is 0 Å². The van der Waals surface area contributed by atoms with Crippen LogP contribution in [0.2, 0.25) is 0 Å². The number of nitrogen functional groups attached to an aromatic ring is 1. The molecule has 4 rings (SSSR count). The largest absolute Gasteiger partial charge is 0.465 e. The van der Waals surface area contributed by atoms with E-state index in [1.807, 2.05) is 0 Å². The Morgan fingerprint density at radius 2 is 2.06 bits per heavy atom. The van der Waals surface area contributed by atoms with Crippen molar-refractivity contribution in [2.24, 2.45) is 0 Å². The second kappa shape index (κ2) is 8.06. The van der Waals surface area contributed by atoms with E-state index in [4.69, 9.17) is 10.5 Å². The highest BCUT2D eigenvalue weighted by Crippen LogP contribution is 2.32. The molecular weight excluding hydrogens is 413 g/mol. The Kier molecular flexibility index (Phi) is 5.43. The number of aromatic nitrogens is 4. The summed E-state index contributed by atoms with van der Waals surface area (Å²) in [6.45, 7) is -0.589. The van der Waals surface area contributed by atoms with Gasteiger partial charge in [0.15, 0.2) is 18.0 Å². The fourth-order valence-electron chi connectivity index (χ4n) is 3.57. The summed E-state index contributed by atoms with van der Waals surface area (Å²) in [6.07, 6.45) is -4.92. The number of halogens is 1. The molecule has 3 heterocycles. The van der Waals surface area contributed by atoms with Gasteiger partial charge in [-0.1, -0.05) is 12.1 Å². The lowest BCUT2D eigenvalue weighted by molar-refractivity contribution is -0.0513. The van der Waals surface area contributed by atoms with Crippen LogP contribution in [0.5, 0.6) is 0 Å². The molecule has 0 aliphatic carbocycles. The molecule has 1 aliphatic heterocycles. The maximum Gasteiger partial charge on any atom is 0.337 e. The fourth-order valence-corrected chi connectivity index (χ4v) is 3.57. The number of aliphatic hydroxyl groups is 2. The Hall–Kier alpha value is -3.35. The molecule has 4 atom stereocenters. The number of anilines is 1. The summed E-state index contributed by atoms with van der Waals surface area (Å²) in [5.74, 6) is -0.611. The summed E-state index contributed by atoms with van der Waals surface area (Å²) in [7, 11) is 1.28. The van der Waals surface area contributed by atoms with Crippen molar-refractivity contribution in [3.05, 3.63) is 52.1 Å². The van der Waals surface area contributed by atoms with Gasteiger partial charge < -0.3 is 25.4 Å². The van der Waals surface area contributed by atoms with Gasteiger partial charge in [-0.25, -0.2) is 23.5 Å². The maximum atomic E-state index is 14.3. The number of nitrogens with zero attached hydrogens (tertiary/aromatic N) is 4. The van der Waals surface area contributed by atoms with Gasteiger partial charge in [0.2, 0.25) is 5.95 Å². The Morgan fingerprint density at radius 1 is 1.35 bits per heavy atom. The highest BCUT2D eigenvalue weighted by atomic mass is 19.1. The molecule has 0 radical (unpaired) electrons. The molecule has 31 heavy (non-hydrogen) atoms. The highest BCUT2D eigenvalue weighted by molar-refractivity contribution is 5.89. The smallest absolute Gasteiger partial charge is 0.337 e. The molecule has 11 nitrogen and oxygen atoms in total. The molecule has 2 aromatic heterocycles. The lowest BCUT2D eigenvalue weighted by atomic mass is 10.1. The number of esters is 1. The van der Waals surface area contributed by atoms with Crippen LogP contribution in [0.25, 0.3) is 11.2 Å². The first-order valence-electron chi connectivity index (χ1n) is 9.34. The molecule has 0 saturated carbocycles. The lowest BCUT2D eigenvalue weighted by Crippen LogP contribution is -2.34. The quantitative estimate of drug-likeness (QED) is 0.456. The van der Waals surface area contributed by atoms with Crippen molar-refractivity contribution < 1.29 is 28.9 Å². The second-order valence-electron chi connectivity index (χ2n) is 7.05. The number of carbonyl (C=O) groups is 1. The zero-order valence-corrected chi connectivity index (χ0v) is 16.4. The third kappa shape index (κ3) is 3.54. The normalized spacial score (nSPS) is 23.4. The Labute approximate surface area is 174 Å². The van der Waals surface area contributed by atoms with Crippen LogP contribution in [0.3, 0.4) is 0 Å². The van der Waals surface area contributed by atoms with Crippen molar-refractivity contribution in [3.8, 4) is 0 Å². The van der Waals surface area contributed by atoms with E-state index in [1.165, 1.54) is 17.9 Å². The standard InChI is InChI=1S/C19H20FN5O6/c1-30-17(28)10-4-2-9(3-5-10)7-24-11-6-22-18(21)23-15(11)25(19(24)29)16-14(27)13(20)12(8-26)31-16/h2-6,12-14,16,26-27H,7-8H2,1H3,(H2,21,22,23)/t12-,13-,14-,16-/m1/s1. The predicted octanol–water partition coefficient (Wildman–Crippen LogP) is -0.401. The molecule has 1 aliphatic rings. The van der Waals surface area contributed by atoms with E-state index in [-0.39, 0.29) is 23.7 Å². The summed E-state index contributed by atoms with van der Waals surface area (Å²) in [5.41, 5.74) is 6.40. The van der Waals surface area contributed by atoms with Crippen LogP contribution in [0.4, 0.5) is 10.3 Å². The van der Waals surface area contributed by atoms with Crippen LogP contribution in [0.15, 0.2) is 35.3 Å². The molecule has 3 aromatic rings. The molecular formula is C19H20FN5O6. The third-order valence-corrected chi connectivity index (χ3v) is 5.16. The van der Waals surface area contributed by atoms with Crippen LogP contribution in [-0.4, -0.2) is 67.4 Å². The van der Waals surface area contributed by atoms with Crippen LogP contribution in [0.1, 0.15) is 22.1 Å². The Bertz CT molecular complexity index is 1180. The molecule has 0 unspecified atom stereocenters. The number of hydrogen-bond acceptors (Lipinski definition) is 9. The summed E-state index contributed by atoms with van der Waals surface area (Å²) >= 11 is 0. The average molecular weight is 433 g/mol. The topological polar surface area (TPSA) is 155 Å². The van der Waals surface area contributed by atoms with Gasteiger partial charge in [0.1, 0.15) is 17.7 Å². The van der Waals surface area contributed by atoms with Gasteiger partial charge in [0.25, 0.3) is 0 Å². The maximum absolute atomic E-state index is 14.3. The van der Waals surface area contributed by atoms with Crippen molar-refractivity contribution in [1.82, 2.24) is 19.1 Å². The molecule has 0 bridgehead atoms. The first-order chi connectivity index (χ1) is 14.8. The zero-order valence-electron chi connectivity index (χ0n) is 16.4. The van der Waals surface area contributed by atoms with Gasteiger partial charge in [-0.3, -0.25) is 4.57 Å². The minimum atomic E-state index is -1.88.